The summed E-state index contributed by atoms with van der Waals surface area (Å²) in [5.74, 6) is -0.803. The van der Waals surface area contributed by atoms with E-state index in [-0.39, 0.29) is 5.91 Å². The van der Waals surface area contributed by atoms with Gasteiger partial charge in [-0.25, -0.2) is 9.78 Å². The lowest BCUT2D eigenvalue weighted by Gasteiger charge is -2.10. The highest BCUT2D eigenvalue weighted by Gasteiger charge is 2.21. The molecule has 7 heteroatoms. The summed E-state index contributed by atoms with van der Waals surface area (Å²) in [7, 11) is 1.28. The lowest BCUT2D eigenvalue weighted by atomic mass is 10.3. The van der Waals surface area contributed by atoms with Crippen LogP contribution in [0.3, 0.4) is 0 Å². The fourth-order valence-corrected chi connectivity index (χ4v) is 2.60. The van der Waals surface area contributed by atoms with Crippen LogP contribution < -0.4 is 5.32 Å². The summed E-state index contributed by atoms with van der Waals surface area (Å²) in [6.45, 7) is 3.34. The first kappa shape index (κ1) is 14.3. The molecule has 0 unspecified atom stereocenters. The maximum absolute atomic E-state index is 12.1. The number of rotatable bonds is 4. The molecule has 0 aliphatic carbocycles. The molecular weight excluding hydrogens is 278 g/mol. The lowest BCUT2D eigenvalue weighted by molar-refractivity contribution is -0.142. The zero-order valence-corrected chi connectivity index (χ0v) is 12.2. The molecule has 0 bridgehead atoms. The normalized spacial score (nSPS) is 11.9. The second kappa shape index (κ2) is 5.87. The SMILES string of the molecule is COC(=O)[C@H](C)NC(=O)c1sc(-n2cccc2)nc1C. The van der Waals surface area contributed by atoms with Gasteiger partial charge in [0.05, 0.1) is 12.8 Å². The monoisotopic (exact) mass is 293 g/mol. The Kier molecular flexibility index (Phi) is 4.19. The van der Waals surface area contributed by atoms with Crippen LogP contribution in [0.15, 0.2) is 24.5 Å². The van der Waals surface area contributed by atoms with Gasteiger partial charge in [0.15, 0.2) is 5.13 Å². The number of nitrogens with one attached hydrogen (secondary N) is 1. The van der Waals surface area contributed by atoms with Crippen molar-refractivity contribution in [1.29, 1.82) is 0 Å². The van der Waals surface area contributed by atoms with E-state index >= 15 is 0 Å². The van der Waals surface area contributed by atoms with Crippen molar-refractivity contribution in [2.45, 2.75) is 19.9 Å². The van der Waals surface area contributed by atoms with E-state index in [4.69, 9.17) is 0 Å². The van der Waals surface area contributed by atoms with Crippen LogP contribution in [0.25, 0.3) is 5.13 Å². The van der Waals surface area contributed by atoms with E-state index in [1.54, 1.807) is 13.8 Å². The van der Waals surface area contributed by atoms with Crippen molar-refractivity contribution in [3.05, 3.63) is 35.1 Å². The van der Waals surface area contributed by atoms with Crippen LogP contribution in [-0.2, 0) is 9.53 Å². The van der Waals surface area contributed by atoms with E-state index in [0.717, 1.165) is 0 Å². The minimum absolute atomic E-state index is 0.323. The molecule has 20 heavy (non-hydrogen) atoms. The van der Waals surface area contributed by atoms with E-state index in [1.165, 1.54) is 18.4 Å². The number of esters is 1. The standard InChI is InChI=1S/C13H15N3O3S/c1-8-10(11(17)14-9(2)12(18)19-3)20-13(15-8)16-6-4-5-7-16/h4-7,9H,1-3H3,(H,14,17)/t9-/m0/s1. The number of aryl methyl sites for hydroxylation is 1. The Bertz CT molecular complexity index is 619. The number of aromatic nitrogens is 2. The Morgan fingerprint density at radius 2 is 2.05 bits per heavy atom. The van der Waals surface area contributed by atoms with Crippen LogP contribution in [-0.4, -0.2) is 34.6 Å². The van der Waals surface area contributed by atoms with E-state index in [1.807, 2.05) is 29.1 Å². The zero-order chi connectivity index (χ0) is 14.7. The molecule has 0 aliphatic heterocycles. The summed E-state index contributed by atoms with van der Waals surface area (Å²) < 4.78 is 6.40. The minimum atomic E-state index is -0.691. The van der Waals surface area contributed by atoms with Crippen LogP contribution in [0.5, 0.6) is 0 Å². The topological polar surface area (TPSA) is 73.2 Å². The third kappa shape index (κ3) is 2.88. The fourth-order valence-electron chi connectivity index (χ4n) is 1.66. The Labute approximate surface area is 120 Å². The number of ether oxygens (including phenoxy) is 1. The average Bonchev–Trinajstić information content (AvgIpc) is 3.06. The zero-order valence-electron chi connectivity index (χ0n) is 11.4. The molecule has 0 spiro atoms. The quantitative estimate of drug-likeness (QED) is 0.868. The van der Waals surface area contributed by atoms with Gasteiger partial charge in [-0.3, -0.25) is 4.79 Å². The first-order chi connectivity index (χ1) is 9.52. The van der Waals surface area contributed by atoms with Gasteiger partial charge < -0.3 is 14.6 Å². The molecule has 2 rings (SSSR count). The summed E-state index contributed by atoms with van der Waals surface area (Å²) in [5.41, 5.74) is 0.633. The van der Waals surface area contributed by atoms with Gasteiger partial charge in [0.2, 0.25) is 0 Å². The van der Waals surface area contributed by atoms with Gasteiger partial charge >= 0.3 is 5.97 Å². The third-order valence-electron chi connectivity index (χ3n) is 2.72. The molecule has 2 heterocycles. The molecule has 0 fully saturated rings. The molecule has 2 aromatic rings. The van der Waals surface area contributed by atoms with E-state index in [2.05, 4.69) is 15.0 Å². The van der Waals surface area contributed by atoms with Crippen LogP contribution in [0.2, 0.25) is 0 Å². The molecule has 2 aromatic heterocycles. The Hall–Kier alpha value is -2.15. The number of carbonyl (C=O) groups is 2. The number of thiazole rings is 1. The summed E-state index contributed by atoms with van der Waals surface area (Å²) in [5, 5.41) is 3.31. The first-order valence-electron chi connectivity index (χ1n) is 6.02. The lowest BCUT2D eigenvalue weighted by Crippen LogP contribution is -2.39. The molecule has 106 valence electrons. The molecule has 0 aromatic carbocycles. The van der Waals surface area contributed by atoms with Crippen molar-refractivity contribution in [2.75, 3.05) is 7.11 Å². The van der Waals surface area contributed by atoms with Gasteiger partial charge in [0.25, 0.3) is 5.91 Å². The summed E-state index contributed by atoms with van der Waals surface area (Å²) >= 11 is 1.27. The molecule has 6 nitrogen and oxygen atoms in total. The van der Waals surface area contributed by atoms with Gasteiger partial charge in [-0.05, 0) is 26.0 Å². The van der Waals surface area contributed by atoms with Crippen LogP contribution in [0.4, 0.5) is 0 Å². The molecule has 0 aliphatic rings. The molecule has 0 radical (unpaired) electrons. The summed E-state index contributed by atoms with van der Waals surface area (Å²) in [6, 6.07) is 3.08. The Morgan fingerprint density at radius 3 is 2.65 bits per heavy atom. The predicted molar refractivity (Wildman–Crippen MR) is 75.1 cm³/mol. The van der Waals surface area contributed by atoms with Gasteiger partial charge in [0.1, 0.15) is 10.9 Å². The molecule has 1 N–H and O–H groups in total. The minimum Gasteiger partial charge on any atom is -0.467 e. The maximum Gasteiger partial charge on any atom is 0.328 e. The van der Waals surface area contributed by atoms with Gasteiger partial charge in [-0.2, -0.15) is 0 Å². The van der Waals surface area contributed by atoms with Crippen molar-refractivity contribution in [2.24, 2.45) is 0 Å². The maximum atomic E-state index is 12.1. The second-order valence-electron chi connectivity index (χ2n) is 4.22. The number of methoxy groups -OCH3 is 1. The Balaban J connectivity index is 2.17. The first-order valence-corrected chi connectivity index (χ1v) is 6.84. The number of nitrogens with zero attached hydrogens (tertiary/aromatic N) is 2. The number of carbonyl (C=O) groups excluding carboxylic acids is 2. The summed E-state index contributed by atoms with van der Waals surface area (Å²) in [6.07, 6.45) is 3.72. The van der Waals surface area contributed by atoms with Gasteiger partial charge in [-0.1, -0.05) is 11.3 Å². The van der Waals surface area contributed by atoms with Gasteiger partial charge in [0, 0.05) is 12.4 Å². The average molecular weight is 293 g/mol. The fraction of sp³-hybridized carbons (Fsp3) is 0.308. The largest absolute Gasteiger partial charge is 0.467 e. The smallest absolute Gasteiger partial charge is 0.328 e. The summed E-state index contributed by atoms with van der Waals surface area (Å²) in [4.78, 5) is 28.3. The van der Waals surface area contributed by atoms with Crippen LogP contribution in [0, 0.1) is 6.92 Å². The van der Waals surface area contributed by atoms with Crippen molar-refractivity contribution in [3.8, 4) is 5.13 Å². The van der Waals surface area contributed by atoms with Crippen molar-refractivity contribution in [1.82, 2.24) is 14.9 Å². The van der Waals surface area contributed by atoms with E-state index in [0.29, 0.717) is 15.7 Å². The van der Waals surface area contributed by atoms with E-state index in [9.17, 15) is 9.59 Å². The van der Waals surface area contributed by atoms with Gasteiger partial charge in [-0.15, -0.1) is 0 Å². The molecule has 1 atom stereocenters. The number of hydrogen-bond donors (Lipinski definition) is 1. The van der Waals surface area contributed by atoms with Crippen molar-refractivity contribution < 1.29 is 14.3 Å². The highest BCUT2D eigenvalue weighted by Crippen LogP contribution is 2.21. The van der Waals surface area contributed by atoms with E-state index < -0.39 is 12.0 Å². The third-order valence-corrected chi connectivity index (χ3v) is 3.89. The number of amides is 1. The highest BCUT2D eigenvalue weighted by molar-refractivity contribution is 7.16. The molecular formula is C13H15N3O3S. The predicted octanol–water partition coefficient (Wildman–Crippen LogP) is 1.53. The van der Waals surface area contributed by atoms with Crippen molar-refractivity contribution >= 4 is 23.2 Å². The molecule has 0 saturated heterocycles. The number of hydrogen-bond acceptors (Lipinski definition) is 5. The molecule has 0 saturated carbocycles. The van der Waals surface area contributed by atoms with Crippen LogP contribution >= 0.6 is 11.3 Å². The van der Waals surface area contributed by atoms with Crippen LogP contribution in [0.1, 0.15) is 22.3 Å². The molecule has 1 amide bonds. The van der Waals surface area contributed by atoms with Crippen molar-refractivity contribution in [3.63, 3.8) is 0 Å². The highest BCUT2D eigenvalue weighted by atomic mass is 32.1. The second-order valence-corrected chi connectivity index (χ2v) is 5.20. The Morgan fingerprint density at radius 1 is 1.40 bits per heavy atom.